The number of ether oxygens (including phenoxy) is 1. The van der Waals surface area contributed by atoms with E-state index in [4.69, 9.17) is 16.3 Å². The van der Waals surface area contributed by atoms with E-state index in [1.165, 1.54) is 0 Å². The molecule has 0 amide bonds. The highest BCUT2D eigenvalue weighted by Crippen LogP contribution is 2.28. The Morgan fingerprint density at radius 3 is 2.76 bits per heavy atom. The lowest BCUT2D eigenvalue weighted by atomic mass is 10.2. The van der Waals surface area contributed by atoms with Gasteiger partial charge >= 0.3 is 5.97 Å². The predicted molar refractivity (Wildman–Crippen MR) is 62.2 cm³/mol. The summed E-state index contributed by atoms with van der Waals surface area (Å²) in [4.78, 5) is 14.9. The van der Waals surface area contributed by atoms with E-state index in [2.05, 4.69) is 20.9 Å². The van der Waals surface area contributed by atoms with E-state index in [0.29, 0.717) is 5.56 Å². The molecular formula is C10H9BrClF2NO2. The Kier molecular flexibility index (Phi) is 5.27. The third kappa shape index (κ3) is 3.89. The number of hydrogen-bond donors (Lipinski definition) is 0. The van der Waals surface area contributed by atoms with Crippen LogP contribution in [0.1, 0.15) is 24.6 Å². The first kappa shape index (κ1) is 14.3. The number of rotatable bonds is 4. The molecule has 0 bridgehead atoms. The Morgan fingerprint density at radius 1 is 1.65 bits per heavy atom. The normalized spacial score (nSPS) is 10.7. The van der Waals surface area contributed by atoms with Crippen LogP contribution in [0.5, 0.6) is 0 Å². The Morgan fingerprint density at radius 2 is 2.29 bits per heavy atom. The van der Waals surface area contributed by atoms with Gasteiger partial charge in [0.25, 0.3) is 6.43 Å². The average Bonchev–Trinajstić information content (AvgIpc) is 2.23. The van der Waals surface area contributed by atoms with Crippen LogP contribution in [-0.4, -0.2) is 17.6 Å². The van der Waals surface area contributed by atoms with Gasteiger partial charge in [0.05, 0.1) is 13.0 Å². The smallest absolute Gasteiger partial charge is 0.310 e. The second kappa shape index (κ2) is 6.26. The first-order valence-electron chi connectivity index (χ1n) is 4.74. The van der Waals surface area contributed by atoms with Gasteiger partial charge in [-0.15, -0.1) is 0 Å². The van der Waals surface area contributed by atoms with Crippen LogP contribution in [-0.2, 0) is 16.0 Å². The lowest BCUT2D eigenvalue weighted by Crippen LogP contribution is -2.09. The summed E-state index contributed by atoms with van der Waals surface area (Å²) in [6.45, 7) is 1.92. The summed E-state index contributed by atoms with van der Waals surface area (Å²) in [6, 6.07) is 1.05. The summed E-state index contributed by atoms with van der Waals surface area (Å²) in [5.74, 6) is -0.485. The number of carbonyl (C=O) groups excluding carboxylic acids is 1. The Bertz CT molecular complexity index is 406. The molecule has 0 spiro atoms. The van der Waals surface area contributed by atoms with Crippen LogP contribution in [0.25, 0.3) is 0 Å². The molecule has 1 aromatic rings. The lowest BCUT2D eigenvalue weighted by molar-refractivity contribution is -0.142. The van der Waals surface area contributed by atoms with Crippen LogP contribution in [0.15, 0.2) is 10.7 Å². The molecule has 0 N–H and O–H groups in total. The molecule has 1 aromatic heterocycles. The third-order valence-electron chi connectivity index (χ3n) is 1.89. The van der Waals surface area contributed by atoms with Gasteiger partial charge in [0.2, 0.25) is 0 Å². The van der Waals surface area contributed by atoms with Crippen LogP contribution < -0.4 is 0 Å². The van der Waals surface area contributed by atoms with Gasteiger partial charge in [-0.2, -0.15) is 0 Å². The van der Waals surface area contributed by atoms with E-state index < -0.39 is 18.1 Å². The number of esters is 1. The Labute approximate surface area is 110 Å². The van der Waals surface area contributed by atoms with Crippen molar-refractivity contribution in [2.75, 3.05) is 6.61 Å². The molecule has 0 radical (unpaired) electrons. The molecule has 7 heteroatoms. The first-order chi connectivity index (χ1) is 7.95. The van der Waals surface area contributed by atoms with E-state index in [1.54, 1.807) is 6.92 Å². The van der Waals surface area contributed by atoms with E-state index in [9.17, 15) is 13.6 Å². The van der Waals surface area contributed by atoms with Gasteiger partial charge in [-0.05, 0) is 28.9 Å². The lowest BCUT2D eigenvalue weighted by Gasteiger charge is -2.08. The molecule has 0 saturated heterocycles. The highest BCUT2D eigenvalue weighted by atomic mass is 79.9. The zero-order valence-corrected chi connectivity index (χ0v) is 11.2. The van der Waals surface area contributed by atoms with Gasteiger partial charge in [0, 0.05) is 10.6 Å². The monoisotopic (exact) mass is 327 g/mol. The van der Waals surface area contributed by atoms with Crippen molar-refractivity contribution in [3.8, 4) is 0 Å². The van der Waals surface area contributed by atoms with Crippen LogP contribution in [0.3, 0.4) is 0 Å². The maximum Gasteiger partial charge on any atom is 0.310 e. The number of carbonyl (C=O) groups is 1. The van der Waals surface area contributed by atoms with Gasteiger partial charge in [0.15, 0.2) is 0 Å². The SMILES string of the molecule is CCOC(=O)Cc1c(Cl)cc(C(F)F)nc1Br. The standard InChI is InChI=1S/C10H9BrClF2NO2/c1-2-17-8(16)3-5-6(12)4-7(10(13)14)15-9(5)11/h4,10H,2-3H2,1H3. The molecule has 0 aliphatic carbocycles. The Balaban J connectivity index is 2.97. The zero-order chi connectivity index (χ0) is 13.0. The van der Waals surface area contributed by atoms with Crippen molar-refractivity contribution in [3.63, 3.8) is 0 Å². The molecular weight excluding hydrogens is 319 g/mol. The average molecular weight is 329 g/mol. The molecule has 0 saturated carbocycles. The molecule has 0 aromatic carbocycles. The molecule has 17 heavy (non-hydrogen) atoms. The molecule has 0 atom stereocenters. The fourth-order valence-electron chi connectivity index (χ4n) is 1.15. The highest BCUT2D eigenvalue weighted by molar-refractivity contribution is 9.10. The minimum atomic E-state index is -2.71. The van der Waals surface area contributed by atoms with Crippen molar-refractivity contribution in [1.29, 1.82) is 0 Å². The van der Waals surface area contributed by atoms with Gasteiger partial charge < -0.3 is 4.74 Å². The van der Waals surface area contributed by atoms with E-state index >= 15 is 0 Å². The number of aromatic nitrogens is 1. The largest absolute Gasteiger partial charge is 0.466 e. The summed E-state index contributed by atoms with van der Waals surface area (Å²) >= 11 is 8.82. The van der Waals surface area contributed by atoms with Crippen molar-refractivity contribution in [1.82, 2.24) is 4.98 Å². The molecule has 0 fully saturated rings. The summed E-state index contributed by atoms with van der Waals surface area (Å²) in [5, 5.41) is 0.0650. The van der Waals surface area contributed by atoms with Gasteiger partial charge in [-0.25, -0.2) is 13.8 Å². The van der Waals surface area contributed by atoms with Gasteiger partial charge in [-0.1, -0.05) is 11.6 Å². The van der Waals surface area contributed by atoms with E-state index in [0.717, 1.165) is 6.07 Å². The van der Waals surface area contributed by atoms with E-state index in [1.807, 2.05) is 0 Å². The fourth-order valence-corrected chi connectivity index (χ4v) is 2.09. The number of alkyl halides is 2. The number of nitrogens with zero attached hydrogens (tertiary/aromatic N) is 1. The van der Waals surface area contributed by atoms with Crippen LogP contribution in [0.4, 0.5) is 8.78 Å². The minimum absolute atomic E-state index is 0.0650. The van der Waals surface area contributed by atoms with Crippen molar-refractivity contribution >= 4 is 33.5 Å². The molecule has 0 aliphatic rings. The van der Waals surface area contributed by atoms with E-state index in [-0.39, 0.29) is 22.7 Å². The summed E-state index contributed by atoms with van der Waals surface area (Å²) in [5.41, 5.74) is -0.0935. The zero-order valence-electron chi connectivity index (χ0n) is 8.84. The molecule has 3 nitrogen and oxygen atoms in total. The third-order valence-corrected chi connectivity index (χ3v) is 2.88. The topological polar surface area (TPSA) is 39.2 Å². The van der Waals surface area contributed by atoms with Crippen molar-refractivity contribution in [2.45, 2.75) is 19.8 Å². The second-order valence-electron chi connectivity index (χ2n) is 3.08. The molecule has 0 unspecified atom stereocenters. The first-order valence-corrected chi connectivity index (χ1v) is 5.91. The van der Waals surface area contributed by atoms with Crippen LogP contribution in [0, 0.1) is 0 Å². The Hall–Kier alpha value is -0.750. The quantitative estimate of drug-likeness (QED) is 0.627. The minimum Gasteiger partial charge on any atom is -0.466 e. The van der Waals surface area contributed by atoms with Crippen molar-refractivity contribution in [2.24, 2.45) is 0 Å². The molecule has 1 rings (SSSR count). The number of pyridine rings is 1. The van der Waals surface area contributed by atoms with Gasteiger partial charge in [0.1, 0.15) is 10.3 Å². The summed E-state index contributed by atoms with van der Waals surface area (Å²) in [7, 11) is 0. The number of hydrogen-bond acceptors (Lipinski definition) is 3. The maximum absolute atomic E-state index is 12.4. The maximum atomic E-state index is 12.4. The highest BCUT2D eigenvalue weighted by Gasteiger charge is 2.17. The van der Waals surface area contributed by atoms with Crippen LogP contribution >= 0.6 is 27.5 Å². The van der Waals surface area contributed by atoms with Crippen molar-refractivity contribution in [3.05, 3.63) is 26.9 Å². The molecule has 0 aliphatic heterocycles. The summed E-state index contributed by atoms with van der Waals surface area (Å²) < 4.78 is 29.7. The van der Waals surface area contributed by atoms with Crippen molar-refractivity contribution < 1.29 is 18.3 Å². The molecule has 94 valence electrons. The number of halogens is 4. The summed E-state index contributed by atoms with van der Waals surface area (Å²) in [6.07, 6.45) is -2.82. The predicted octanol–water partition coefficient (Wildman–Crippen LogP) is 3.54. The van der Waals surface area contributed by atoms with Gasteiger partial charge in [-0.3, -0.25) is 4.79 Å². The molecule has 1 heterocycles. The second-order valence-corrected chi connectivity index (χ2v) is 4.24. The van der Waals surface area contributed by atoms with Crippen LogP contribution in [0.2, 0.25) is 5.02 Å². The fraction of sp³-hybridized carbons (Fsp3) is 0.400.